The Morgan fingerprint density at radius 1 is 1.78 bits per heavy atom. The molecule has 3 nitrogen and oxygen atoms in total. The van der Waals surface area contributed by atoms with E-state index < -0.39 is 8.03 Å². The average molecular weight is 145 g/mol. The van der Waals surface area contributed by atoms with Gasteiger partial charge in [-0.2, -0.15) is 0 Å². The lowest BCUT2D eigenvalue weighted by molar-refractivity contribution is 0.0315. The van der Waals surface area contributed by atoms with E-state index in [4.69, 9.17) is 17.1 Å². The third-order valence-corrected chi connectivity index (χ3v) is 1.88. The van der Waals surface area contributed by atoms with Crippen LogP contribution in [0.1, 0.15) is 0 Å². The van der Waals surface area contributed by atoms with E-state index in [1.54, 1.807) is 0 Å². The van der Waals surface area contributed by atoms with Crippen molar-refractivity contribution in [1.82, 2.24) is 0 Å². The molecule has 1 saturated heterocycles. The van der Waals surface area contributed by atoms with Crippen molar-refractivity contribution >= 4 is 15.9 Å². The van der Waals surface area contributed by atoms with Crippen molar-refractivity contribution in [1.29, 1.82) is 0 Å². The van der Waals surface area contributed by atoms with Crippen molar-refractivity contribution in [3.63, 3.8) is 0 Å². The molecule has 2 unspecified atom stereocenters. The first-order valence-electron chi connectivity index (χ1n) is 2.72. The molecule has 1 fully saturated rings. The van der Waals surface area contributed by atoms with E-state index in [1.807, 2.05) is 0 Å². The van der Waals surface area contributed by atoms with Crippen molar-refractivity contribution in [2.24, 2.45) is 0 Å². The highest BCUT2D eigenvalue weighted by atomic mass is 31.1. The average Bonchev–Trinajstić information content (AvgIpc) is 1.90. The summed E-state index contributed by atoms with van der Waals surface area (Å²) in [5, 5.41) is 0. The van der Waals surface area contributed by atoms with E-state index in [0.717, 1.165) is 0 Å². The Labute approximate surface area is 56.0 Å². The fourth-order valence-electron chi connectivity index (χ4n) is 0.554. The van der Waals surface area contributed by atoms with E-state index in [2.05, 4.69) is 0 Å². The van der Waals surface area contributed by atoms with Crippen molar-refractivity contribution < 1.29 is 13.8 Å². The van der Waals surface area contributed by atoms with Crippen LogP contribution in [0.4, 0.5) is 0 Å². The summed E-state index contributed by atoms with van der Waals surface area (Å²) >= 11 is 0. The first kappa shape index (κ1) is 7.20. The zero-order chi connectivity index (χ0) is 6.69. The minimum Gasteiger partial charge on any atom is -0.330 e. The quantitative estimate of drug-likeness (QED) is 0.402. The molecule has 5 heteroatoms. The summed E-state index contributed by atoms with van der Waals surface area (Å²) in [6.07, 6.45) is 0.568. The van der Waals surface area contributed by atoms with Crippen LogP contribution in [0.3, 0.4) is 0 Å². The van der Waals surface area contributed by atoms with Crippen molar-refractivity contribution in [3.8, 4) is 0 Å². The molecule has 1 heterocycles. The molecule has 1 aliphatic heterocycles. The topological polar surface area (TPSA) is 35.5 Å². The fourth-order valence-corrected chi connectivity index (χ4v) is 1.29. The summed E-state index contributed by atoms with van der Waals surface area (Å²) < 4.78 is 20.3. The van der Waals surface area contributed by atoms with Crippen LogP contribution in [-0.4, -0.2) is 26.9 Å². The SMILES string of the molecule is [B]CC1CO[P+](=O)CO1. The smallest absolute Gasteiger partial charge is 0.330 e. The molecule has 1 rings (SSSR count). The van der Waals surface area contributed by atoms with Gasteiger partial charge in [0, 0.05) is 0 Å². The van der Waals surface area contributed by atoms with Gasteiger partial charge in [-0.05, 0) is 4.57 Å². The molecular weight excluding hydrogens is 138 g/mol. The predicted molar refractivity (Wildman–Crippen MR) is 33.9 cm³/mol. The maximum atomic E-state index is 10.5. The number of ether oxygens (including phenoxy) is 1. The number of hydrogen-bond acceptors (Lipinski definition) is 3. The summed E-state index contributed by atoms with van der Waals surface area (Å²) in [7, 11) is 3.70. The highest BCUT2D eigenvalue weighted by Crippen LogP contribution is 2.28. The standard InChI is InChI=1S/C4H7BO3P/c5-1-4-2-8-9(6)3-7-4/h4H,1-3H2/q+1. The molecule has 0 saturated carbocycles. The number of hydrogen-bond donors (Lipinski definition) is 0. The molecule has 0 aromatic carbocycles. The highest BCUT2D eigenvalue weighted by molar-refractivity contribution is 7.38. The molecular formula is C4H7BO3P+. The van der Waals surface area contributed by atoms with Gasteiger partial charge < -0.3 is 4.74 Å². The molecule has 0 bridgehead atoms. The maximum absolute atomic E-state index is 10.5. The Balaban J connectivity index is 2.26. The molecule has 2 radical (unpaired) electrons. The lowest BCUT2D eigenvalue weighted by atomic mass is 10.0. The van der Waals surface area contributed by atoms with E-state index in [0.29, 0.717) is 12.9 Å². The van der Waals surface area contributed by atoms with Gasteiger partial charge in [0.05, 0.1) is 14.0 Å². The van der Waals surface area contributed by atoms with E-state index in [-0.39, 0.29) is 12.5 Å². The monoisotopic (exact) mass is 145 g/mol. The molecule has 0 aliphatic carbocycles. The molecule has 0 aromatic rings. The van der Waals surface area contributed by atoms with Crippen LogP contribution in [0.25, 0.3) is 0 Å². The maximum Gasteiger partial charge on any atom is 0.537 e. The van der Waals surface area contributed by atoms with Crippen LogP contribution in [-0.2, 0) is 13.8 Å². The second-order valence-corrected chi connectivity index (χ2v) is 2.96. The van der Waals surface area contributed by atoms with Crippen LogP contribution in [0.15, 0.2) is 0 Å². The molecule has 9 heavy (non-hydrogen) atoms. The summed E-state index contributed by atoms with van der Waals surface area (Å²) in [5.41, 5.74) is 0. The lowest BCUT2D eigenvalue weighted by Crippen LogP contribution is -2.21. The minimum atomic E-state index is -1.55. The third-order valence-electron chi connectivity index (χ3n) is 1.08. The highest BCUT2D eigenvalue weighted by Gasteiger charge is 2.28. The lowest BCUT2D eigenvalue weighted by Gasteiger charge is -2.12. The van der Waals surface area contributed by atoms with Gasteiger partial charge in [-0.3, -0.25) is 0 Å². The van der Waals surface area contributed by atoms with Gasteiger partial charge in [0.2, 0.25) is 0 Å². The van der Waals surface area contributed by atoms with Gasteiger partial charge in [0.25, 0.3) is 6.35 Å². The fraction of sp³-hybridized carbons (Fsp3) is 1.00. The van der Waals surface area contributed by atoms with Gasteiger partial charge in [-0.1, -0.05) is 6.32 Å². The summed E-state index contributed by atoms with van der Waals surface area (Å²) in [6, 6.07) is 0. The van der Waals surface area contributed by atoms with E-state index >= 15 is 0 Å². The Hall–Kier alpha value is 0.0849. The minimum absolute atomic E-state index is 0.0577. The summed E-state index contributed by atoms with van der Waals surface area (Å²) in [4.78, 5) is 0. The molecule has 0 aromatic heterocycles. The van der Waals surface area contributed by atoms with Crippen molar-refractivity contribution in [3.05, 3.63) is 0 Å². The Morgan fingerprint density at radius 3 is 3.00 bits per heavy atom. The molecule has 2 atom stereocenters. The Bertz CT molecular complexity index is 108. The van der Waals surface area contributed by atoms with Gasteiger partial charge in [-0.15, -0.1) is 4.52 Å². The van der Waals surface area contributed by atoms with Gasteiger partial charge >= 0.3 is 8.03 Å². The number of rotatable bonds is 1. The zero-order valence-electron chi connectivity index (χ0n) is 4.95. The molecule has 48 valence electrons. The van der Waals surface area contributed by atoms with Crippen LogP contribution in [0, 0.1) is 0 Å². The van der Waals surface area contributed by atoms with Crippen LogP contribution >= 0.6 is 8.03 Å². The summed E-state index contributed by atoms with van der Waals surface area (Å²) in [6.45, 7) is 0.367. The van der Waals surface area contributed by atoms with Gasteiger partial charge in [0.1, 0.15) is 6.61 Å². The Kier molecular flexibility index (Phi) is 2.64. The molecule has 0 N–H and O–H groups in total. The third kappa shape index (κ3) is 2.05. The first-order valence-corrected chi connectivity index (χ1v) is 4.08. The van der Waals surface area contributed by atoms with E-state index in [1.165, 1.54) is 0 Å². The molecule has 0 amide bonds. The molecule has 0 spiro atoms. The normalized spacial score (nSPS) is 32.4. The van der Waals surface area contributed by atoms with Crippen LogP contribution < -0.4 is 0 Å². The zero-order valence-corrected chi connectivity index (χ0v) is 5.84. The van der Waals surface area contributed by atoms with Gasteiger partial charge in [0.15, 0.2) is 0 Å². The van der Waals surface area contributed by atoms with Crippen LogP contribution in [0.2, 0.25) is 6.32 Å². The van der Waals surface area contributed by atoms with Crippen LogP contribution in [0.5, 0.6) is 0 Å². The molecule has 1 aliphatic rings. The van der Waals surface area contributed by atoms with Crippen molar-refractivity contribution in [2.45, 2.75) is 12.4 Å². The first-order chi connectivity index (χ1) is 4.33. The van der Waals surface area contributed by atoms with Crippen molar-refractivity contribution in [2.75, 3.05) is 13.0 Å². The Morgan fingerprint density at radius 2 is 2.56 bits per heavy atom. The second kappa shape index (κ2) is 3.30. The summed E-state index contributed by atoms with van der Waals surface area (Å²) in [5.74, 6) is 0. The van der Waals surface area contributed by atoms with Gasteiger partial charge in [-0.25, -0.2) is 0 Å². The largest absolute Gasteiger partial charge is 0.537 e. The van der Waals surface area contributed by atoms with E-state index in [9.17, 15) is 4.57 Å². The second-order valence-electron chi connectivity index (χ2n) is 1.78. The predicted octanol–water partition coefficient (Wildman–Crippen LogP) is 0.688.